The molecule has 0 unspecified atom stereocenters. The van der Waals surface area contributed by atoms with Gasteiger partial charge in [0.05, 0.1) is 0 Å². The molecule has 2 aliphatic rings. The fraction of sp³-hybridized carbons (Fsp3) is 0.778. The van der Waals surface area contributed by atoms with E-state index in [1.165, 1.54) is 19.3 Å². The summed E-state index contributed by atoms with van der Waals surface area (Å²) in [6.07, 6.45) is 6.75. The summed E-state index contributed by atoms with van der Waals surface area (Å²) in [5.74, 6) is 0.939. The van der Waals surface area contributed by atoms with E-state index < -0.39 is 0 Å². The molecule has 0 amide bonds. The smallest absolute Gasteiger partial charge is 0.00146 e. The van der Waals surface area contributed by atoms with Gasteiger partial charge in [0.15, 0.2) is 0 Å². The van der Waals surface area contributed by atoms with Crippen molar-refractivity contribution in [2.24, 2.45) is 11.3 Å². The van der Waals surface area contributed by atoms with Crippen molar-refractivity contribution in [3.05, 3.63) is 11.6 Å². The zero-order valence-corrected chi connectivity index (χ0v) is 6.28. The van der Waals surface area contributed by atoms with E-state index in [1.807, 2.05) is 0 Å². The first kappa shape index (κ1) is 5.52. The van der Waals surface area contributed by atoms with Gasteiger partial charge in [0.1, 0.15) is 0 Å². The van der Waals surface area contributed by atoms with Crippen molar-refractivity contribution in [2.45, 2.75) is 33.1 Å². The predicted octanol–water partition coefficient (Wildman–Crippen LogP) is 2.75. The molecule has 0 radical (unpaired) electrons. The first-order chi connectivity index (χ1) is 4.20. The Balaban J connectivity index is 2.16. The average Bonchev–Trinajstić information content (AvgIpc) is 2.43. The van der Waals surface area contributed by atoms with Crippen LogP contribution in [0.1, 0.15) is 33.1 Å². The lowest BCUT2D eigenvalue weighted by Crippen LogP contribution is -2.15. The first-order valence-electron chi connectivity index (χ1n) is 3.92. The number of hydrogen-bond acceptors (Lipinski definition) is 0. The van der Waals surface area contributed by atoms with Gasteiger partial charge in [-0.1, -0.05) is 31.9 Å². The minimum atomic E-state index is 0.572. The minimum absolute atomic E-state index is 0.572. The van der Waals surface area contributed by atoms with Gasteiger partial charge in [-0.15, -0.1) is 0 Å². The summed E-state index contributed by atoms with van der Waals surface area (Å²) < 4.78 is 0. The number of rotatable bonds is 0. The summed E-state index contributed by atoms with van der Waals surface area (Å²) in [7, 11) is 0. The van der Waals surface area contributed by atoms with Gasteiger partial charge < -0.3 is 0 Å². The SMILES string of the molecule is CC1(C)CCC[C@H]2C=C21. The van der Waals surface area contributed by atoms with E-state index in [0.717, 1.165) is 5.92 Å². The fourth-order valence-electron chi connectivity index (χ4n) is 2.04. The molecule has 2 rings (SSSR count). The van der Waals surface area contributed by atoms with Gasteiger partial charge in [-0.2, -0.15) is 0 Å². The largest absolute Gasteiger partial charge is 0.0770 e. The minimum Gasteiger partial charge on any atom is -0.0770 e. The highest BCUT2D eigenvalue weighted by atomic mass is 14.4. The molecule has 0 aliphatic heterocycles. The molecule has 0 heteroatoms. The number of hydrogen-bond donors (Lipinski definition) is 0. The van der Waals surface area contributed by atoms with E-state index >= 15 is 0 Å². The molecule has 0 spiro atoms. The van der Waals surface area contributed by atoms with E-state index in [4.69, 9.17) is 0 Å². The summed E-state index contributed by atoms with van der Waals surface area (Å²) in [4.78, 5) is 0. The zero-order valence-electron chi connectivity index (χ0n) is 6.28. The Bertz CT molecular complexity index is 163. The molecule has 0 nitrogen and oxygen atoms in total. The maximum absolute atomic E-state index is 2.45. The first-order valence-corrected chi connectivity index (χ1v) is 3.92. The molecule has 0 saturated heterocycles. The van der Waals surface area contributed by atoms with Gasteiger partial charge in [-0.3, -0.25) is 0 Å². The van der Waals surface area contributed by atoms with Crippen molar-refractivity contribution < 1.29 is 0 Å². The summed E-state index contributed by atoms with van der Waals surface area (Å²) in [5.41, 5.74) is 2.32. The van der Waals surface area contributed by atoms with Gasteiger partial charge in [-0.25, -0.2) is 0 Å². The highest BCUT2D eigenvalue weighted by molar-refractivity contribution is 5.36. The standard InChI is InChI=1S/C9H14/c1-9(2)5-3-4-7-6-8(7)9/h6-7H,3-5H2,1-2H3/t7-/m0/s1. The van der Waals surface area contributed by atoms with Gasteiger partial charge in [0.25, 0.3) is 0 Å². The van der Waals surface area contributed by atoms with Crippen LogP contribution in [0.15, 0.2) is 11.6 Å². The van der Waals surface area contributed by atoms with Crippen molar-refractivity contribution in [3.63, 3.8) is 0 Å². The molecule has 0 aromatic heterocycles. The molecule has 0 heterocycles. The van der Waals surface area contributed by atoms with Crippen molar-refractivity contribution >= 4 is 0 Å². The lowest BCUT2D eigenvalue weighted by atomic mass is 9.78. The van der Waals surface area contributed by atoms with Gasteiger partial charge in [-0.05, 0) is 24.2 Å². The van der Waals surface area contributed by atoms with E-state index in [1.54, 1.807) is 5.57 Å². The van der Waals surface area contributed by atoms with Crippen LogP contribution in [0.25, 0.3) is 0 Å². The number of fused-ring (bicyclic) bond motifs is 1. The van der Waals surface area contributed by atoms with Crippen molar-refractivity contribution in [2.75, 3.05) is 0 Å². The monoisotopic (exact) mass is 122 g/mol. The highest BCUT2D eigenvalue weighted by Gasteiger charge is 2.39. The van der Waals surface area contributed by atoms with E-state index in [0.29, 0.717) is 5.41 Å². The topological polar surface area (TPSA) is 0 Å². The third-order valence-electron chi connectivity index (χ3n) is 2.77. The van der Waals surface area contributed by atoms with Crippen molar-refractivity contribution in [3.8, 4) is 0 Å². The Hall–Kier alpha value is -0.260. The Morgan fingerprint density at radius 1 is 1.56 bits per heavy atom. The third-order valence-corrected chi connectivity index (χ3v) is 2.77. The zero-order chi connectivity index (χ0) is 6.48. The molecule has 2 aliphatic carbocycles. The lowest BCUT2D eigenvalue weighted by molar-refractivity contribution is 0.343. The van der Waals surface area contributed by atoms with Crippen LogP contribution < -0.4 is 0 Å². The van der Waals surface area contributed by atoms with E-state index in [2.05, 4.69) is 19.9 Å². The molecule has 1 atom stereocenters. The predicted molar refractivity (Wildman–Crippen MR) is 39.2 cm³/mol. The molecule has 0 aromatic rings. The maximum Gasteiger partial charge on any atom is -0.00146 e. The highest BCUT2D eigenvalue weighted by Crippen LogP contribution is 2.52. The van der Waals surface area contributed by atoms with Crippen LogP contribution >= 0.6 is 0 Å². The van der Waals surface area contributed by atoms with Crippen molar-refractivity contribution in [1.29, 1.82) is 0 Å². The van der Waals surface area contributed by atoms with Crippen LogP contribution in [0.4, 0.5) is 0 Å². The molecular weight excluding hydrogens is 108 g/mol. The summed E-state index contributed by atoms with van der Waals surface area (Å²) in [6.45, 7) is 4.75. The second-order valence-corrected chi connectivity index (χ2v) is 4.00. The Kier molecular flexibility index (Phi) is 0.870. The molecular formula is C9H14. The quantitative estimate of drug-likeness (QED) is 0.433. The van der Waals surface area contributed by atoms with E-state index in [9.17, 15) is 0 Å². The summed E-state index contributed by atoms with van der Waals surface area (Å²) in [5, 5.41) is 0. The Morgan fingerprint density at radius 2 is 2.33 bits per heavy atom. The second kappa shape index (κ2) is 1.42. The average molecular weight is 122 g/mol. The van der Waals surface area contributed by atoms with Crippen LogP contribution in [0.2, 0.25) is 0 Å². The van der Waals surface area contributed by atoms with Crippen LogP contribution in [0.5, 0.6) is 0 Å². The van der Waals surface area contributed by atoms with Crippen LogP contribution in [0, 0.1) is 11.3 Å². The van der Waals surface area contributed by atoms with Gasteiger partial charge >= 0.3 is 0 Å². The van der Waals surface area contributed by atoms with Gasteiger partial charge in [0, 0.05) is 0 Å². The van der Waals surface area contributed by atoms with Gasteiger partial charge in [0.2, 0.25) is 0 Å². The van der Waals surface area contributed by atoms with Crippen LogP contribution in [-0.2, 0) is 0 Å². The molecule has 9 heavy (non-hydrogen) atoms. The van der Waals surface area contributed by atoms with E-state index in [-0.39, 0.29) is 0 Å². The third kappa shape index (κ3) is 0.726. The molecule has 1 saturated carbocycles. The Labute approximate surface area is 57.0 Å². The molecule has 0 aromatic carbocycles. The Morgan fingerprint density at radius 3 is 2.89 bits per heavy atom. The number of allylic oxidation sites excluding steroid dienone is 2. The second-order valence-electron chi connectivity index (χ2n) is 4.00. The molecule has 0 bridgehead atoms. The lowest BCUT2D eigenvalue weighted by Gasteiger charge is -2.27. The maximum atomic E-state index is 2.45. The fourth-order valence-corrected chi connectivity index (χ4v) is 2.04. The summed E-state index contributed by atoms with van der Waals surface area (Å²) >= 11 is 0. The van der Waals surface area contributed by atoms with Crippen molar-refractivity contribution in [1.82, 2.24) is 0 Å². The van der Waals surface area contributed by atoms with Crippen LogP contribution in [0.3, 0.4) is 0 Å². The normalized spacial score (nSPS) is 37.1. The molecule has 50 valence electrons. The molecule has 1 fully saturated rings. The van der Waals surface area contributed by atoms with Crippen LogP contribution in [-0.4, -0.2) is 0 Å². The summed E-state index contributed by atoms with van der Waals surface area (Å²) in [6, 6.07) is 0. The molecule has 0 N–H and O–H groups in total.